The number of hydrogen-bond donors (Lipinski definition) is 1. The Labute approximate surface area is 106 Å². The van der Waals surface area contributed by atoms with E-state index in [0.29, 0.717) is 11.3 Å². The Balaban J connectivity index is 2.16. The van der Waals surface area contributed by atoms with Gasteiger partial charge >= 0.3 is 0 Å². The minimum atomic E-state index is -2.79. The summed E-state index contributed by atoms with van der Waals surface area (Å²) in [6.07, 6.45) is 4.53. The van der Waals surface area contributed by atoms with E-state index in [4.69, 9.17) is 0 Å². The Morgan fingerprint density at radius 3 is 2.35 bits per heavy atom. The number of rotatable bonds is 8. The number of likely N-dealkylation sites (N-methyl/N-ethyl adjacent to an activating group) is 1. The monoisotopic (exact) mass is 262 g/mol. The predicted octanol–water partition coefficient (Wildman–Crippen LogP) is 0.885. The minimum absolute atomic E-state index is 0.259. The van der Waals surface area contributed by atoms with E-state index in [1.165, 1.54) is 19.3 Å². The van der Waals surface area contributed by atoms with Crippen molar-refractivity contribution in [2.75, 3.05) is 38.7 Å². The Hall–Kier alpha value is -0.130. The molecule has 17 heavy (non-hydrogen) atoms. The topological polar surface area (TPSA) is 49.4 Å². The second-order valence-corrected chi connectivity index (χ2v) is 7.71. The van der Waals surface area contributed by atoms with Crippen LogP contribution in [0.1, 0.15) is 32.6 Å². The van der Waals surface area contributed by atoms with Gasteiger partial charge in [0, 0.05) is 17.8 Å². The van der Waals surface area contributed by atoms with Crippen LogP contribution in [0, 0.1) is 0 Å². The summed E-state index contributed by atoms with van der Waals surface area (Å²) in [4.78, 5) is 2.30. The minimum Gasteiger partial charge on any atom is -0.315 e. The molecule has 0 bridgehead atoms. The molecule has 0 heterocycles. The van der Waals surface area contributed by atoms with Gasteiger partial charge in [-0.05, 0) is 46.3 Å². The molecule has 0 spiro atoms. The van der Waals surface area contributed by atoms with Crippen molar-refractivity contribution in [1.82, 2.24) is 10.2 Å². The van der Waals surface area contributed by atoms with Gasteiger partial charge in [0.15, 0.2) is 0 Å². The Kier molecular flexibility index (Phi) is 5.41. The molecule has 0 aromatic rings. The summed E-state index contributed by atoms with van der Waals surface area (Å²) in [5.74, 6) is 0.570. The maximum absolute atomic E-state index is 11.3. The zero-order chi connectivity index (χ0) is 12.9. The van der Waals surface area contributed by atoms with Crippen LogP contribution in [-0.2, 0) is 9.84 Å². The first kappa shape index (κ1) is 14.9. The van der Waals surface area contributed by atoms with E-state index in [1.54, 1.807) is 6.92 Å². The van der Waals surface area contributed by atoms with Crippen molar-refractivity contribution >= 4 is 9.84 Å². The van der Waals surface area contributed by atoms with Crippen LogP contribution in [0.2, 0.25) is 0 Å². The molecule has 0 aromatic carbocycles. The largest absolute Gasteiger partial charge is 0.315 e. The summed E-state index contributed by atoms with van der Waals surface area (Å²) in [7, 11) is 1.46. The molecule has 0 saturated heterocycles. The molecule has 0 radical (unpaired) electrons. The van der Waals surface area contributed by atoms with Crippen LogP contribution >= 0.6 is 0 Å². The van der Waals surface area contributed by atoms with Crippen molar-refractivity contribution in [3.63, 3.8) is 0 Å². The molecule has 0 amide bonds. The third-order valence-electron chi connectivity index (χ3n) is 3.94. The van der Waals surface area contributed by atoms with Gasteiger partial charge in [0.05, 0.1) is 5.75 Å². The number of nitrogens with zero attached hydrogens (tertiary/aromatic N) is 1. The Morgan fingerprint density at radius 2 is 1.94 bits per heavy atom. The molecule has 4 nitrogen and oxygen atoms in total. The van der Waals surface area contributed by atoms with Crippen molar-refractivity contribution in [1.29, 1.82) is 0 Å². The van der Waals surface area contributed by atoms with E-state index in [-0.39, 0.29) is 5.75 Å². The summed E-state index contributed by atoms with van der Waals surface area (Å²) in [6.45, 7) is 3.49. The molecule has 5 heteroatoms. The summed E-state index contributed by atoms with van der Waals surface area (Å²) >= 11 is 0. The average molecular weight is 262 g/mol. The van der Waals surface area contributed by atoms with Gasteiger partial charge in [0.2, 0.25) is 0 Å². The molecule has 1 aliphatic carbocycles. The first-order valence-electron chi connectivity index (χ1n) is 6.50. The first-order chi connectivity index (χ1) is 7.92. The third kappa shape index (κ3) is 4.23. The lowest BCUT2D eigenvalue weighted by Crippen LogP contribution is -2.56. The predicted molar refractivity (Wildman–Crippen MR) is 72.1 cm³/mol. The maximum Gasteiger partial charge on any atom is 0.150 e. The summed E-state index contributed by atoms with van der Waals surface area (Å²) in [6, 6.07) is 0. The Morgan fingerprint density at radius 1 is 1.29 bits per heavy atom. The van der Waals surface area contributed by atoms with Crippen molar-refractivity contribution in [2.24, 2.45) is 0 Å². The zero-order valence-corrected chi connectivity index (χ0v) is 12.1. The lowest BCUT2D eigenvalue weighted by atomic mass is 9.75. The van der Waals surface area contributed by atoms with Gasteiger partial charge < -0.3 is 10.2 Å². The normalized spacial score (nSPS) is 19.3. The van der Waals surface area contributed by atoms with Gasteiger partial charge in [-0.15, -0.1) is 0 Å². The van der Waals surface area contributed by atoms with Gasteiger partial charge in [-0.3, -0.25) is 0 Å². The van der Waals surface area contributed by atoms with Crippen LogP contribution in [0.25, 0.3) is 0 Å². The second kappa shape index (κ2) is 6.16. The lowest BCUT2D eigenvalue weighted by Gasteiger charge is -2.47. The number of hydrogen-bond acceptors (Lipinski definition) is 4. The molecule has 0 aliphatic heterocycles. The standard InChI is InChI=1S/C12H26N2O2S/c1-4-17(15,16)10-6-9-13-11-12(14(2)3)7-5-8-12/h13H,4-11H2,1-3H3. The van der Waals surface area contributed by atoms with Crippen molar-refractivity contribution in [3.8, 4) is 0 Å². The quantitative estimate of drug-likeness (QED) is 0.660. The molecular weight excluding hydrogens is 236 g/mol. The molecule has 102 valence electrons. The Bertz CT molecular complexity index is 321. The van der Waals surface area contributed by atoms with Gasteiger partial charge in [-0.1, -0.05) is 6.92 Å². The van der Waals surface area contributed by atoms with Crippen molar-refractivity contribution < 1.29 is 8.42 Å². The van der Waals surface area contributed by atoms with Gasteiger partial charge in [-0.2, -0.15) is 0 Å². The molecule has 1 fully saturated rings. The summed E-state index contributed by atoms with van der Waals surface area (Å²) < 4.78 is 22.6. The van der Waals surface area contributed by atoms with Gasteiger partial charge in [-0.25, -0.2) is 8.42 Å². The molecule has 0 aromatic heterocycles. The molecule has 1 aliphatic rings. The fourth-order valence-corrected chi connectivity index (χ4v) is 3.12. The molecule has 0 unspecified atom stereocenters. The third-order valence-corrected chi connectivity index (χ3v) is 5.73. The fourth-order valence-electron chi connectivity index (χ4n) is 2.25. The maximum atomic E-state index is 11.3. The molecule has 0 atom stereocenters. The highest BCUT2D eigenvalue weighted by molar-refractivity contribution is 7.91. The van der Waals surface area contributed by atoms with Gasteiger partial charge in [0.1, 0.15) is 9.84 Å². The summed E-state index contributed by atoms with van der Waals surface area (Å²) in [5.41, 5.74) is 0.323. The van der Waals surface area contributed by atoms with Gasteiger partial charge in [0.25, 0.3) is 0 Å². The first-order valence-corrected chi connectivity index (χ1v) is 8.32. The van der Waals surface area contributed by atoms with Crippen LogP contribution in [0.5, 0.6) is 0 Å². The van der Waals surface area contributed by atoms with E-state index < -0.39 is 9.84 Å². The second-order valence-electron chi connectivity index (χ2n) is 5.24. The van der Waals surface area contributed by atoms with Crippen LogP contribution in [0.3, 0.4) is 0 Å². The summed E-state index contributed by atoms with van der Waals surface area (Å²) in [5, 5.41) is 3.40. The highest BCUT2D eigenvalue weighted by Crippen LogP contribution is 2.35. The van der Waals surface area contributed by atoms with E-state index in [0.717, 1.165) is 19.5 Å². The fraction of sp³-hybridized carbons (Fsp3) is 1.00. The molecule has 1 rings (SSSR count). The zero-order valence-electron chi connectivity index (χ0n) is 11.3. The van der Waals surface area contributed by atoms with E-state index >= 15 is 0 Å². The highest BCUT2D eigenvalue weighted by Gasteiger charge is 2.38. The molecule has 1 saturated carbocycles. The van der Waals surface area contributed by atoms with Crippen LogP contribution in [-0.4, -0.2) is 57.5 Å². The average Bonchev–Trinajstić information content (AvgIpc) is 2.20. The highest BCUT2D eigenvalue weighted by atomic mass is 32.2. The molecule has 1 N–H and O–H groups in total. The van der Waals surface area contributed by atoms with Crippen LogP contribution in [0.15, 0.2) is 0 Å². The smallest absolute Gasteiger partial charge is 0.150 e. The SMILES string of the molecule is CCS(=O)(=O)CCCNCC1(N(C)C)CCC1. The van der Waals surface area contributed by atoms with Crippen molar-refractivity contribution in [2.45, 2.75) is 38.1 Å². The number of nitrogens with one attached hydrogen (secondary N) is 1. The lowest BCUT2D eigenvalue weighted by molar-refractivity contribution is 0.0604. The van der Waals surface area contributed by atoms with E-state index in [1.807, 2.05) is 0 Å². The molecular formula is C12H26N2O2S. The van der Waals surface area contributed by atoms with Crippen LogP contribution in [0.4, 0.5) is 0 Å². The van der Waals surface area contributed by atoms with Crippen LogP contribution < -0.4 is 5.32 Å². The van der Waals surface area contributed by atoms with E-state index in [2.05, 4.69) is 24.3 Å². The van der Waals surface area contributed by atoms with E-state index in [9.17, 15) is 8.42 Å². The number of sulfone groups is 1. The van der Waals surface area contributed by atoms with Crippen molar-refractivity contribution in [3.05, 3.63) is 0 Å².